The molecule has 15 heavy (non-hydrogen) atoms. The fourth-order valence-electron chi connectivity index (χ4n) is 1.31. The number of carbonyl (C=O) groups excluding carboxylic acids is 1. The Labute approximate surface area is 98.2 Å². The predicted octanol–water partition coefficient (Wildman–Crippen LogP) is 2.96. The zero-order chi connectivity index (χ0) is 11.4. The van der Waals surface area contributed by atoms with Crippen molar-refractivity contribution in [3.63, 3.8) is 0 Å². The van der Waals surface area contributed by atoms with Crippen molar-refractivity contribution in [1.82, 2.24) is 4.90 Å². The maximum Gasteiger partial charge on any atom is 0.409 e. The van der Waals surface area contributed by atoms with Crippen LogP contribution in [-0.4, -0.2) is 25.2 Å². The van der Waals surface area contributed by atoms with Crippen molar-refractivity contribution in [3.05, 3.63) is 33.8 Å². The molecule has 0 N–H and O–H groups in total. The molecule has 0 bridgehead atoms. The molecular formula is C11H14BrNO2. The summed E-state index contributed by atoms with van der Waals surface area (Å²) >= 11 is 3.40. The third kappa shape index (κ3) is 3.23. The van der Waals surface area contributed by atoms with E-state index < -0.39 is 0 Å². The van der Waals surface area contributed by atoms with Crippen molar-refractivity contribution >= 4 is 22.0 Å². The molecule has 1 aromatic rings. The second-order valence-electron chi connectivity index (χ2n) is 3.40. The molecule has 0 unspecified atom stereocenters. The van der Waals surface area contributed by atoms with Crippen LogP contribution in [0.2, 0.25) is 0 Å². The Morgan fingerprint density at radius 1 is 1.53 bits per heavy atom. The summed E-state index contributed by atoms with van der Waals surface area (Å²) in [5, 5.41) is 0. The van der Waals surface area contributed by atoms with Crippen molar-refractivity contribution in [3.8, 4) is 0 Å². The average Bonchev–Trinajstić information content (AvgIpc) is 2.20. The second kappa shape index (κ2) is 5.16. The van der Waals surface area contributed by atoms with Crippen molar-refractivity contribution < 1.29 is 9.53 Å². The van der Waals surface area contributed by atoms with E-state index in [0.717, 1.165) is 15.6 Å². The standard InChI is InChI=1S/C11H14BrNO2/c1-8-6-10(12)5-4-9(8)7-13(2)11(14)15-3/h4-6H,7H2,1-3H3. The summed E-state index contributed by atoms with van der Waals surface area (Å²) in [6, 6.07) is 5.99. The largest absolute Gasteiger partial charge is 0.453 e. The molecule has 0 aromatic heterocycles. The first-order chi connectivity index (χ1) is 7.04. The third-order valence-electron chi connectivity index (χ3n) is 2.20. The van der Waals surface area contributed by atoms with Gasteiger partial charge in [0, 0.05) is 18.1 Å². The van der Waals surface area contributed by atoms with Crippen molar-refractivity contribution in [2.45, 2.75) is 13.5 Å². The van der Waals surface area contributed by atoms with Crippen LogP contribution in [0, 0.1) is 6.92 Å². The first-order valence-electron chi connectivity index (χ1n) is 4.58. The molecule has 0 saturated heterocycles. The first-order valence-corrected chi connectivity index (χ1v) is 5.38. The van der Waals surface area contributed by atoms with Gasteiger partial charge in [0.05, 0.1) is 7.11 Å². The van der Waals surface area contributed by atoms with Gasteiger partial charge in [0.2, 0.25) is 0 Å². The van der Waals surface area contributed by atoms with E-state index in [9.17, 15) is 4.79 Å². The lowest BCUT2D eigenvalue weighted by Gasteiger charge is -2.16. The average molecular weight is 272 g/mol. The minimum absolute atomic E-state index is 0.322. The molecule has 1 rings (SSSR count). The molecule has 1 aromatic carbocycles. The minimum atomic E-state index is -0.322. The molecule has 3 nitrogen and oxygen atoms in total. The number of nitrogens with zero attached hydrogens (tertiary/aromatic N) is 1. The van der Waals surface area contributed by atoms with Crippen LogP contribution in [0.4, 0.5) is 4.79 Å². The van der Waals surface area contributed by atoms with E-state index in [4.69, 9.17) is 0 Å². The van der Waals surface area contributed by atoms with E-state index in [1.54, 1.807) is 7.05 Å². The molecular weight excluding hydrogens is 258 g/mol. The van der Waals surface area contributed by atoms with Crippen LogP contribution in [0.25, 0.3) is 0 Å². The molecule has 0 aliphatic heterocycles. The highest BCUT2D eigenvalue weighted by atomic mass is 79.9. The summed E-state index contributed by atoms with van der Waals surface area (Å²) in [7, 11) is 3.10. The third-order valence-corrected chi connectivity index (χ3v) is 2.69. The van der Waals surface area contributed by atoms with Gasteiger partial charge in [-0.2, -0.15) is 0 Å². The minimum Gasteiger partial charge on any atom is -0.453 e. The topological polar surface area (TPSA) is 29.5 Å². The molecule has 82 valence electrons. The quantitative estimate of drug-likeness (QED) is 0.828. The van der Waals surface area contributed by atoms with E-state index in [1.807, 2.05) is 25.1 Å². The first kappa shape index (κ1) is 12.0. The lowest BCUT2D eigenvalue weighted by atomic mass is 10.1. The molecule has 0 heterocycles. The summed E-state index contributed by atoms with van der Waals surface area (Å²) < 4.78 is 5.67. The molecule has 0 spiro atoms. The summed E-state index contributed by atoms with van der Waals surface area (Å²) in [6.07, 6.45) is -0.322. The number of ether oxygens (including phenoxy) is 1. The number of methoxy groups -OCH3 is 1. The Kier molecular flexibility index (Phi) is 4.15. The van der Waals surface area contributed by atoms with Crippen LogP contribution < -0.4 is 0 Å². The summed E-state index contributed by atoms with van der Waals surface area (Å²) in [5.74, 6) is 0. The number of hydrogen-bond donors (Lipinski definition) is 0. The van der Waals surface area contributed by atoms with E-state index in [1.165, 1.54) is 12.0 Å². The van der Waals surface area contributed by atoms with Crippen molar-refractivity contribution in [1.29, 1.82) is 0 Å². The van der Waals surface area contributed by atoms with Crippen LogP contribution in [0.3, 0.4) is 0 Å². The number of carbonyl (C=O) groups is 1. The van der Waals surface area contributed by atoms with Crippen LogP contribution in [0.1, 0.15) is 11.1 Å². The SMILES string of the molecule is COC(=O)N(C)Cc1ccc(Br)cc1C. The number of aryl methyl sites for hydroxylation is 1. The Morgan fingerprint density at radius 2 is 2.20 bits per heavy atom. The Balaban J connectivity index is 2.76. The fourth-order valence-corrected chi connectivity index (χ4v) is 1.79. The predicted molar refractivity (Wildman–Crippen MR) is 62.8 cm³/mol. The van der Waals surface area contributed by atoms with E-state index >= 15 is 0 Å². The maximum atomic E-state index is 11.2. The highest BCUT2D eigenvalue weighted by molar-refractivity contribution is 9.10. The fraction of sp³-hybridized carbons (Fsp3) is 0.364. The van der Waals surface area contributed by atoms with Gasteiger partial charge in [-0.25, -0.2) is 4.79 Å². The van der Waals surface area contributed by atoms with Gasteiger partial charge in [-0.15, -0.1) is 0 Å². The zero-order valence-corrected chi connectivity index (χ0v) is 10.7. The van der Waals surface area contributed by atoms with Gasteiger partial charge in [0.25, 0.3) is 0 Å². The Bertz CT molecular complexity index is 366. The van der Waals surface area contributed by atoms with E-state index in [2.05, 4.69) is 20.7 Å². The highest BCUT2D eigenvalue weighted by Crippen LogP contribution is 2.17. The van der Waals surface area contributed by atoms with Crippen LogP contribution in [0.5, 0.6) is 0 Å². The summed E-state index contributed by atoms with van der Waals surface area (Å²) in [4.78, 5) is 12.7. The zero-order valence-electron chi connectivity index (χ0n) is 9.08. The number of benzene rings is 1. The molecule has 0 aliphatic rings. The van der Waals surface area contributed by atoms with Gasteiger partial charge < -0.3 is 9.64 Å². The number of halogens is 1. The molecule has 0 atom stereocenters. The smallest absolute Gasteiger partial charge is 0.409 e. The summed E-state index contributed by atoms with van der Waals surface area (Å²) in [6.45, 7) is 2.58. The summed E-state index contributed by atoms with van der Waals surface area (Å²) in [5.41, 5.74) is 2.27. The van der Waals surface area contributed by atoms with Crippen molar-refractivity contribution in [2.24, 2.45) is 0 Å². The van der Waals surface area contributed by atoms with Gasteiger partial charge in [-0.05, 0) is 30.2 Å². The van der Waals surface area contributed by atoms with Crippen molar-refractivity contribution in [2.75, 3.05) is 14.2 Å². The van der Waals surface area contributed by atoms with Gasteiger partial charge >= 0.3 is 6.09 Å². The number of hydrogen-bond acceptors (Lipinski definition) is 2. The monoisotopic (exact) mass is 271 g/mol. The maximum absolute atomic E-state index is 11.2. The molecule has 0 saturated carbocycles. The lowest BCUT2D eigenvalue weighted by molar-refractivity contribution is 0.131. The van der Waals surface area contributed by atoms with Gasteiger partial charge in [0.15, 0.2) is 0 Å². The van der Waals surface area contributed by atoms with Gasteiger partial charge in [-0.3, -0.25) is 0 Å². The normalized spacial score (nSPS) is 9.87. The van der Waals surface area contributed by atoms with Crippen LogP contribution >= 0.6 is 15.9 Å². The number of rotatable bonds is 2. The molecule has 4 heteroatoms. The van der Waals surface area contributed by atoms with Crippen LogP contribution in [-0.2, 0) is 11.3 Å². The Morgan fingerprint density at radius 3 is 2.73 bits per heavy atom. The highest BCUT2D eigenvalue weighted by Gasteiger charge is 2.09. The van der Waals surface area contributed by atoms with Crippen LogP contribution in [0.15, 0.2) is 22.7 Å². The molecule has 0 radical (unpaired) electrons. The lowest BCUT2D eigenvalue weighted by Crippen LogP contribution is -2.26. The number of amides is 1. The van der Waals surface area contributed by atoms with E-state index in [0.29, 0.717) is 6.54 Å². The van der Waals surface area contributed by atoms with E-state index in [-0.39, 0.29) is 6.09 Å². The molecule has 0 aliphatic carbocycles. The van der Waals surface area contributed by atoms with Gasteiger partial charge in [-0.1, -0.05) is 22.0 Å². The molecule has 1 amide bonds. The Hall–Kier alpha value is -1.03. The molecule has 0 fully saturated rings. The second-order valence-corrected chi connectivity index (χ2v) is 4.31. The van der Waals surface area contributed by atoms with Gasteiger partial charge in [0.1, 0.15) is 0 Å².